The summed E-state index contributed by atoms with van der Waals surface area (Å²) in [5.41, 5.74) is 3.30. The van der Waals surface area contributed by atoms with Gasteiger partial charge in [0.15, 0.2) is 5.75 Å². The number of unbranched alkanes of at least 4 members (excludes halogenated alkanes) is 3. The molecule has 0 amide bonds. The average molecular weight is 454 g/mol. The third kappa shape index (κ3) is 7.83. The van der Waals surface area contributed by atoms with Gasteiger partial charge in [-0.25, -0.2) is 0 Å². The van der Waals surface area contributed by atoms with Crippen molar-refractivity contribution in [3.8, 4) is 5.75 Å². The number of fused-ring (bicyclic) bond motifs is 1. The molecule has 0 aromatic heterocycles. The van der Waals surface area contributed by atoms with Crippen molar-refractivity contribution in [2.24, 2.45) is 0 Å². The largest absolute Gasteiger partial charge is 0.502 e. The molecule has 180 valence electrons. The lowest BCUT2D eigenvalue weighted by molar-refractivity contribution is -0.385. The van der Waals surface area contributed by atoms with Gasteiger partial charge in [-0.3, -0.25) is 10.1 Å². The molecule has 0 heterocycles. The van der Waals surface area contributed by atoms with E-state index < -0.39 is 4.92 Å². The van der Waals surface area contributed by atoms with Gasteiger partial charge in [0.1, 0.15) is 0 Å². The summed E-state index contributed by atoms with van der Waals surface area (Å²) < 4.78 is 0. The molecule has 2 aromatic rings. The van der Waals surface area contributed by atoms with Crippen LogP contribution in [0.25, 0.3) is 0 Å². The normalized spacial score (nSPS) is 15.5. The number of rotatable bonds is 14. The van der Waals surface area contributed by atoms with E-state index in [-0.39, 0.29) is 11.4 Å². The molecular formula is C27H39N3O3. The van der Waals surface area contributed by atoms with Gasteiger partial charge in [0.05, 0.1) is 4.92 Å². The van der Waals surface area contributed by atoms with E-state index in [9.17, 15) is 15.2 Å². The van der Waals surface area contributed by atoms with Crippen LogP contribution in [-0.2, 0) is 19.3 Å². The van der Waals surface area contributed by atoms with Gasteiger partial charge in [0, 0.05) is 12.1 Å². The second kappa shape index (κ2) is 13.3. The average Bonchev–Trinajstić information content (AvgIpc) is 2.82. The maximum absolute atomic E-state index is 11.2. The van der Waals surface area contributed by atoms with Crippen LogP contribution in [0, 0.1) is 10.1 Å². The van der Waals surface area contributed by atoms with Gasteiger partial charge in [-0.2, -0.15) is 0 Å². The first-order valence-corrected chi connectivity index (χ1v) is 12.6. The number of aromatic hydroxyl groups is 1. The van der Waals surface area contributed by atoms with E-state index in [4.69, 9.17) is 0 Å². The maximum atomic E-state index is 11.2. The van der Waals surface area contributed by atoms with Crippen LogP contribution in [-0.4, -0.2) is 47.2 Å². The molecule has 3 rings (SSSR count). The number of phenolic OH excluding ortho intramolecular Hbond substituents is 1. The molecule has 1 atom stereocenters. The molecule has 6 nitrogen and oxygen atoms in total. The number of hydrogen-bond acceptors (Lipinski definition) is 5. The van der Waals surface area contributed by atoms with Crippen LogP contribution in [0.15, 0.2) is 42.5 Å². The van der Waals surface area contributed by atoms with E-state index in [1.807, 2.05) is 0 Å². The fourth-order valence-corrected chi connectivity index (χ4v) is 4.91. The fraction of sp³-hybridized carbons (Fsp3) is 0.556. The topological polar surface area (TPSA) is 78.6 Å². The molecule has 0 unspecified atom stereocenters. The molecule has 0 fully saturated rings. The highest BCUT2D eigenvalue weighted by Gasteiger charge is 2.27. The van der Waals surface area contributed by atoms with Crippen molar-refractivity contribution in [1.29, 1.82) is 0 Å². The van der Waals surface area contributed by atoms with Gasteiger partial charge in [-0.1, -0.05) is 50.1 Å². The summed E-state index contributed by atoms with van der Waals surface area (Å²) in [4.78, 5) is 13.3. The lowest BCUT2D eigenvalue weighted by Gasteiger charge is -2.35. The lowest BCUT2D eigenvalue weighted by atomic mass is 9.86. The molecule has 0 bridgehead atoms. The molecule has 1 aliphatic rings. The zero-order chi connectivity index (χ0) is 23.5. The summed E-state index contributed by atoms with van der Waals surface area (Å²) in [6, 6.07) is 14.2. The first-order chi connectivity index (χ1) is 16.1. The summed E-state index contributed by atoms with van der Waals surface area (Å²) in [5, 5.41) is 24.7. The number of nitro benzene ring substituents is 1. The van der Waals surface area contributed by atoms with Crippen LogP contribution in [0.4, 0.5) is 5.69 Å². The highest BCUT2D eigenvalue weighted by molar-refractivity contribution is 5.52. The molecule has 1 aliphatic carbocycles. The Morgan fingerprint density at radius 1 is 1.06 bits per heavy atom. The number of aryl methyl sites for hydroxylation is 1. The van der Waals surface area contributed by atoms with Crippen molar-refractivity contribution >= 4 is 5.69 Å². The lowest BCUT2D eigenvalue weighted by Crippen LogP contribution is -2.40. The Labute approximate surface area is 198 Å². The quantitative estimate of drug-likeness (QED) is 0.232. The van der Waals surface area contributed by atoms with Crippen molar-refractivity contribution in [2.45, 2.75) is 70.8 Å². The number of nitrogens with one attached hydrogen (secondary N) is 1. The minimum Gasteiger partial charge on any atom is -0.502 e. The van der Waals surface area contributed by atoms with Crippen LogP contribution < -0.4 is 5.32 Å². The van der Waals surface area contributed by atoms with Gasteiger partial charge in [0.25, 0.3) is 0 Å². The van der Waals surface area contributed by atoms with Gasteiger partial charge in [0.2, 0.25) is 0 Å². The van der Waals surface area contributed by atoms with Crippen molar-refractivity contribution < 1.29 is 10.0 Å². The minimum atomic E-state index is -0.487. The van der Waals surface area contributed by atoms with Gasteiger partial charge < -0.3 is 15.3 Å². The van der Waals surface area contributed by atoms with E-state index >= 15 is 0 Å². The first kappa shape index (κ1) is 25.2. The molecule has 0 saturated heterocycles. The molecule has 0 aliphatic heterocycles. The molecule has 2 N–H and O–H groups in total. The summed E-state index contributed by atoms with van der Waals surface area (Å²) in [7, 11) is 0. The van der Waals surface area contributed by atoms with Crippen LogP contribution in [0.5, 0.6) is 5.75 Å². The monoisotopic (exact) mass is 453 g/mol. The van der Waals surface area contributed by atoms with E-state index in [0.717, 1.165) is 69.4 Å². The van der Waals surface area contributed by atoms with Crippen LogP contribution in [0.2, 0.25) is 0 Å². The smallest absolute Gasteiger partial charge is 0.310 e. The zero-order valence-electron chi connectivity index (χ0n) is 20.0. The Kier molecular flexibility index (Phi) is 10.2. The Bertz CT molecular complexity index is 872. The SMILES string of the molecule is CCCN(CCCCCCNCCc1ccccc1)[C@@H]1CCc2cc(O)c([N+](=O)[O-])cc2C1. The van der Waals surface area contributed by atoms with Crippen LogP contribution in [0.1, 0.15) is 62.1 Å². The maximum Gasteiger partial charge on any atom is 0.310 e. The third-order valence-electron chi connectivity index (χ3n) is 6.71. The second-order valence-corrected chi connectivity index (χ2v) is 9.20. The van der Waals surface area contributed by atoms with E-state index in [0.29, 0.717) is 6.04 Å². The molecular weight excluding hydrogens is 414 g/mol. The fourth-order valence-electron chi connectivity index (χ4n) is 4.91. The molecule has 2 aromatic carbocycles. The van der Waals surface area contributed by atoms with Crippen molar-refractivity contribution in [2.75, 3.05) is 26.2 Å². The first-order valence-electron chi connectivity index (χ1n) is 12.6. The highest BCUT2D eigenvalue weighted by Crippen LogP contribution is 2.34. The van der Waals surface area contributed by atoms with Gasteiger partial charge in [-0.05, 0) is 93.9 Å². The zero-order valence-corrected chi connectivity index (χ0v) is 20.0. The second-order valence-electron chi connectivity index (χ2n) is 9.20. The van der Waals surface area contributed by atoms with Crippen molar-refractivity contribution in [1.82, 2.24) is 10.2 Å². The highest BCUT2D eigenvalue weighted by atomic mass is 16.6. The summed E-state index contributed by atoms with van der Waals surface area (Å²) in [5.74, 6) is -0.211. The van der Waals surface area contributed by atoms with E-state index in [1.165, 1.54) is 31.2 Å². The Morgan fingerprint density at radius 3 is 2.61 bits per heavy atom. The number of nitrogens with zero attached hydrogens (tertiary/aromatic N) is 2. The Balaban J connectivity index is 1.36. The molecule has 0 spiro atoms. The Morgan fingerprint density at radius 2 is 1.85 bits per heavy atom. The number of hydrogen-bond donors (Lipinski definition) is 2. The molecule has 0 saturated carbocycles. The summed E-state index contributed by atoms with van der Waals surface area (Å²) >= 11 is 0. The molecule has 33 heavy (non-hydrogen) atoms. The Hall–Kier alpha value is -2.44. The minimum absolute atomic E-state index is 0.172. The predicted octanol–water partition coefficient (Wildman–Crippen LogP) is 5.26. The molecule has 6 heteroatoms. The van der Waals surface area contributed by atoms with Crippen LogP contribution >= 0.6 is 0 Å². The van der Waals surface area contributed by atoms with E-state index in [2.05, 4.69) is 47.5 Å². The third-order valence-corrected chi connectivity index (χ3v) is 6.71. The molecule has 0 radical (unpaired) electrons. The van der Waals surface area contributed by atoms with Crippen LogP contribution in [0.3, 0.4) is 0 Å². The van der Waals surface area contributed by atoms with Gasteiger partial charge in [-0.15, -0.1) is 0 Å². The van der Waals surface area contributed by atoms with Gasteiger partial charge >= 0.3 is 5.69 Å². The van der Waals surface area contributed by atoms with Crippen molar-refractivity contribution in [3.05, 3.63) is 69.3 Å². The summed E-state index contributed by atoms with van der Waals surface area (Å²) in [6.45, 7) is 6.49. The van der Waals surface area contributed by atoms with Crippen molar-refractivity contribution in [3.63, 3.8) is 0 Å². The summed E-state index contributed by atoms with van der Waals surface area (Å²) in [6.07, 6.45) is 9.86. The van der Waals surface area contributed by atoms with E-state index in [1.54, 1.807) is 12.1 Å². The number of benzene rings is 2. The predicted molar refractivity (Wildman–Crippen MR) is 134 cm³/mol. The standard InChI is InChI=1S/C27H39N3O3/c1-2-17-29(18-9-4-3-8-15-28-16-14-22-10-6-5-7-11-22)25-13-12-23-21-27(31)26(30(32)33)20-24(23)19-25/h5-7,10-11,20-21,25,28,31H,2-4,8-9,12-19H2,1H3/t25-/m1/s1. The number of nitro groups is 1. The number of phenols is 1.